The summed E-state index contributed by atoms with van der Waals surface area (Å²) in [7, 11) is 0. The van der Waals surface area contributed by atoms with Crippen molar-refractivity contribution in [2.75, 3.05) is 31.7 Å². The van der Waals surface area contributed by atoms with Crippen LogP contribution >= 0.6 is 11.8 Å². The minimum Gasteiger partial charge on any atom is -0.480 e. The van der Waals surface area contributed by atoms with Gasteiger partial charge in [-0.25, -0.2) is 4.79 Å². The topological polar surface area (TPSA) is 162 Å². The van der Waals surface area contributed by atoms with Crippen LogP contribution in [0.5, 0.6) is 0 Å². The SMILES string of the molecule is CSCCC(NC(=O)CN)C(=O)NC(CO)C(=O)N1CCCC1C(=O)O. The summed E-state index contributed by atoms with van der Waals surface area (Å²) in [5.74, 6) is -2.32. The molecule has 1 aliphatic heterocycles. The number of rotatable bonds is 10. The van der Waals surface area contributed by atoms with Crippen LogP contribution in [0.2, 0.25) is 0 Å². The Morgan fingerprint density at radius 2 is 1.96 bits per heavy atom. The van der Waals surface area contributed by atoms with Crippen molar-refractivity contribution >= 4 is 35.5 Å². The average Bonchev–Trinajstić information content (AvgIpc) is 3.12. The Hall–Kier alpha value is -1.85. The summed E-state index contributed by atoms with van der Waals surface area (Å²) in [6, 6.07) is -3.12. The van der Waals surface area contributed by atoms with Gasteiger partial charge in [0, 0.05) is 6.54 Å². The van der Waals surface area contributed by atoms with Crippen LogP contribution in [0.4, 0.5) is 0 Å². The highest BCUT2D eigenvalue weighted by molar-refractivity contribution is 7.98. The van der Waals surface area contributed by atoms with Crippen molar-refractivity contribution in [1.29, 1.82) is 0 Å². The molecule has 148 valence electrons. The lowest BCUT2D eigenvalue weighted by atomic mass is 10.1. The van der Waals surface area contributed by atoms with Gasteiger partial charge in [0.2, 0.25) is 17.7 Å². The first kappa shape index (κ1) is 22.2. The lowest BCUT2D eigenvalue weighted by molar-refractivity contribution is -0.150. The first-order chi connectivity index (χ1) is 12.3. The molecule has 0 aromatic rings. The standard InChI is InChI=1S/C15H26N4O6S/c1-26-6-4-9(17-12(21)7-16)13(22)18-10(8-20)14(23)19-5-2-3-11(19)15(24)25/h9-11,20H,2-8,16H2,1H3,(H,17,21)(H,18,22)(H,24,25). The Morgan fingerprint density at radius 3 is 2.50 bits per heavy atom. The molecule has 0 saturated carbocycles. The normalized spacial score (nSPS) is 18.9. The number of nitrogens with zero attached hydrogens (tertiary/aromatic N) is 1. The highest BCUT2D eigenvalue weighted by atomic mass is 32.2. The fourth-order valence-electron chi connectivity index (χ4n) is 2.70. The summed E-state index contributed by atoms with van der Waals surface area (Å²) in [4.78, 5) is 48.8. The van der Waals surface area contributed by atoms with E-state index < -0.39 is 48.4 Å². The molecule has 3 unspecified atom stereocenters. The van der Waals surface area contributed by atoms with Crippen LogP contribution in [-0.4, -0.2) is 88.6 Å². The first-order valence-electron chi connectivity index (χ1n) is 8.28. The predicted molar refractivity (Wildman–Crippen MR) is 95.4 cm³/mol. The summed E-state index contributed by atoms with van der Waals surface area (Å²) >= 11 is 1.48. The molecule has 0 bridgehead atoms. The van der Waals surface area contributed by atoms with Crippen molar-refractivity contribution in [2.24, 2.45) is 5.73 Å². The van der Waals surface area contributed by atoms with Crippen molar-refractivity contribution in [3.63, 3.8) is 0 Å². The van der Waals surface area contributed by atoms with Gasteiger partial charge in [0.05, 0.1) is 13.2 Å². The van der Waals surface area contributed by atoms with Crippen LogP contribution in [0.15, 0.2) is 0 Å². The van der Waals surface area contributed by atoms with Crippen molar-refractivity contribution < 1.29 is 29.4 Å². The summed E-state index contributed by atoms with van der Waals surface area (Å²) in [6.45, 7) is -0.699. The van der Waals surface area contributed by atoms with E-state index in [0.717, 1.165) is 4.90 Å². The third-order valence-corrected chi connectivity index (χ3v) is 4.71. The van der Waals surface area contributed by atoms with Gasteiger partial charge in [0.25, 0.3) is 0 Å². The van der Waals surface area contributed by atoms with Gasteiger partial charge in [0.15, 0.2) is 0 Å². The molecule has 1 fully saturated rings. The molecule has 1 rings (SSSR count). The molecule has 3 amide bonds. The minimum atomic E-state index is -1.27. The van der Waals surface area contributed by atoms with E-state index in [2.05, 4.69) is 10.6 Å². The van der Waals surface area contributed by atoms with E-state index in [1.165, 1.54) is 11.8 Å². The zero-order valence-electron chi connectivity index (χ0n) is 14.6. The monoisotopic (exact) mass is 390 g/mol. The molecular formula is C15H26N4O6S. The molecule has 1 heterocycles. The molecule has 3 atom stereocenters. The fourth-order valence-corrected chi connectivity index (χ4v) is 3.17. The number of hydrogen-bond acceptors (Lipinski definition) is 7. The number of aliphatic hydroxyl groups excluding tert-OH is 1. The number of thioether (sulfide) groups is 1. The van der Waals surface area contributed by atoms with Gasteiger partial charge >= 0.3 is 5.97 Å². The number of likely N-dealkylation sites (tertiary alicyclic amines) is 1. The Labute approximate surface area is 155 Å². The Kier molecular flexibility index (Phi) is 9.38. The van der Waals surface area contributed by atoms with Crippen LogP contribution < -0.4 is 16.4 Å². The number of hydrogen-bond donors (Lipinski definition) is 5. The van der Waals surface area contributed by atoms with Crippen LogP contribution in [-0.2, 0) is 19.2 Å². The van der Waals surface area contributed by atoms with Crippen molar-refractivity contribution in [3.05, 3.63) is 0 Å². The summed E-state index contributed by atoms with van der Waals surface area (Å²) in [5.41, 5.74) is 5.25. The highest BCUT2D eigenvalue weighted by Crippen LogP contribution is 2.18. The van der Waals surface area contributed by atoms with Crippen LogP contribution in [0.1, 0.15) is 19.3 Å². The second-order valence-electron chi connectivity index (χ2n) is 5.88. The maximum atomic E-state index is 12.5. The number of carbonyl (C=O) groups is 4. The van der Waals surface area contributed by atoms with E-state index in [1.807, 2.05) is 6.26 Å². The van der Waals surface area contributed by atoms with Crippen molar-refractivity contribution in [2.45, 2.75) is 37.4 Å². The molecule has 11 heteroatoms. The quantitative estimate of drug-likeness (QED) is 0.279. The summed E-state index contributed by atoms with van der Waals surface area (Å²) < 4.78 is 0. The predicted octanol–water partition coefficient (Wildman–Crippen LogP) is -2.26. The van der Waals surface area contributed by atoms with Gasteiger partial charge in [-0.05, 0) is 31.3 Å². The maximum Gasteiger partial charge on any atom is 0.326 e. The van der Waals surface area contributed by atoms with E-state index >= 15 is 0 Å². The number of nitrogens with one attached hydrogen (secondary N) is 2. The highest BCUT2D eigenvalue weighted by Gasteiger charge is 2.38. The van der Waals surface area contributed by atoms with Crippen molar-refractivity contribution in [1.82, 2.24) is 15.5 Å². The number of carboxylic acid groups (broad SMARTS) is 1. The van der Waals surface area contributed by atoms with E-state index in [1.54, 1.807) is 0 Å². The number of carboxylic acids is 1. The van der Waals surface area contributed by atoms with Crippen LogP contribution in [0, 0.1) is 0 Å². The second kappa shape index (κ2) is 11.0. The largest absolute Gasteiger partial charge is 0.480 e. The van der Waals surface area contributed by atoms with Gasteiger partial charge in [-0.3, -0.25) is 14.4 Å². The molecule has 0 aromatic carbocycles. The minimum absolute atomic E-state index is 0.252. The van der Waals surface area contributed by atoms with Gasteiger partial charge in [0.1, 0.15) is 18.1 Å². The Morgan fingerprint density at radius 1 is 1.27 bits per heavy atom. The Balaban J connectivity index is 2.78. The summed E-state index contributed by atoms with van der Waals surface area (Å²) in [5, 5.41) is 23.6. The van der Waals surface area contributed by atoms with Gasteiger partial charge < -0.3 is 31.5 Å². The number of nitrogens with two attached hydrogens (primary N) is 1. The Bertz CT molecular complexity index is 532. The third kappa shape index (κ3) is 6.15. The van der Waals surface area contributed by atoms with E-state index in [0.29, 0.717) is 25.0 Å². The second-order valence-corrected chi connectivity index (χ2v) is 6.86. The zero-order valence-corrected chi connectivity index (χ0v) is 15.5. The fraction of sp³-hybridized carbons (Fsp3) is 0.733. The molecule has 0 aliphatic carbocycles. The molecular weight excluding hydrogens is 364 g/mol. The summed E-state index contributed by atoms with van der Waals surface area (Å²) in [6.07, 6.45) is 3.04. The van der Waals surface area contributed by atoms with Gasteiger partial charge in [-0.1, -0.05) is 0 Å². The first-order valence-corrected chi connectivity index (χ1v) is 9.68. The van der Waals surface area contributed by atoms with Crippen LogP contribution in [0.3, 0.4) is 0 Å². The zero-order chi connectivity index (χ0) is 19.7. The molecule has 0 aromatic heterocycles. The molecule has 10 nitrogen and oxygen atoms in total. The van der Waals surface area contributed by atoms with Gasteiger partial charge in [-0.15, -0.1) is 0 Å². The molecule has 1 saturated heterocycles. The molecule has 26 heavy (non-hydrogen) atoms. The molecule has 1 aliphatic rings. The maximum absolute atomic E-state index is 12.5. The van der Waals surface area contributed by atoms with Gasteiger partial charge in [-0.2, -0.15) is 11.8 Å². The number of carbonyl (C=O) groups excluding carboxylic acids is 3. The number of aliphatic carboxylic acids is 1. The molecule has 0 spiro atoms. The third-order valence-electron chi connectivity index (χ3n) is 4.07. The number of amides is 3. The smallest absolute Gasteiger partial charge is 0.326 e. The average molecular weight is 390 g/mol. The van der Waals surface area contributed by atoms with E-state index in [4.69, 9.17) is 5.73 Å². The lowest BCUT2D eigenvalue weighted by Crippen LogP contribution is -2.57. The number of aliphatic hydroxyl groups is 1. The van der Waals surface area contributed by atoms with E-state index in [-0.39, 0.29) is 13.1 Å². The lowest BCUT2D eigenvalue weighted by Gasteiger charge is -2.27. The van der Waals surface area contributed by atoms with Crippen molar-refractivity contribution in [3.8, 4) is 0 Å². The van der Waals surface area contributed by atoms with E-state index in [9.17, 15) is 29.4 Å². The van der Waals surface area contributed by atoms with Crippen LogP contribution in [0.25, 0.3) is 0 Å². The molecule has 0 radical (unpaired) electrons. The molecule has 6 N–H and O–H groups in total.